The molecule has 3 heterocycles. The van der Waals surface area contributed by atoms with E-state index in [9.17, 15) is 4.79 Å². The van der Waals surface area contributed by atoms with Gasteiger partial charge in [-0.2, -0.15) is 0 Å². The highest BCUT2D eigenvalue weighted by Crippen LogP contribution is 2.22. The molecule has 1 fully saturated rings. The Morgan fingerprint density at radius 3 is 2.82 bits per heavy atom. The Bertz CT molecular complexity index is 1250. The van der Waals surface area contributed by atoms with Crippen molar-refractivity contribution in [1.29, 1.82) is 0 Å². The molecule has 0 radical (unpaired) electrons. The summed E-state index contributed by atoms with van der Waals surface area (Å²) < 4.78 is 7.83. The summed E-state index contributed by atoms with van der Waals surface area (Å²) in [7, 11) is 0. The first-order valence-corrected chi connectivity index (χ1v) is 12.6. The molecule has 34 heavy (non-hydrogen) atoms. The lowest BCUT2D eigenvalue weighted by Crippen LogP contribution is -2.33. The zero-order valence-electron chi connectivity index (χ0n) is 19.3. The number of imidazole rings is 1. The van der Waals surface area contributed by atoms with Gasteiger partial charge in [0.15, 0.2) is 5.13 Å². The second-order valence-corrected chi connectivity index (χ2v) is 9.74. The number of thiazole rings is 1. The summed E-state index contributed by atoms with van der Waals surface area (Å²) in [6.45, 7) is 5.79. The van der Waals surface area contributed by atoms with E-state index in [1.807, 2.05) is 64.5 Å². The van der Waals surface area contributed by atoms with Crippen LogP contribution in [0.4, 0.5) is 5.13 Å². The number of anilines is 1. The molecule has 1 unspecified atom stereocenters. The van der Waals surface area contributed by atoms with Crippen molar-refractivity contribution in [3.05, 3.63) is 71.5 Å². The largest absolute Gasteiger partial charge is 0.486 e. The molecule has 2 aromatic heterocycles. The molecule has 1 aliphatic rings. The molecule has 8 heteroatoms. The van der Waals surface area contributed by atoms with E-state index >= 15 is 0 Å². The van der Waals surface area contributed by atoms with E-state index in [0.29, 0.717) is 11.0 Å². The van der Waals surface area contributed by atoms with E-state index < -0.39 is 0 Å². The fourth-order valence-corrected chi connectivity index (χ4v) is 5.19. The highest BCUT2D eigenvalue weighted by Gasteiger charge is 2.18. The van der Waals surface area contributed by atoms with Gasteiger partial charge in [0.1, 0.15) is 24.7 Å². The van der Waals surface area contributed by atoms with Gasteiger partial charge in [0.05, 0.1) is 16.7 Å². The van der Waals surface area contributed by atoms with Crippen LogP contribution in [0.3, 0.4) is 0 Å². The number of aromatic nitrogens is 3. The van der Waals surface area contributed by atoms with Crippen LogP contribution in [0.5, 0.6) is 5.75 Å². The lowest BCUT2D eigenvalue weighted by Gasteiger charge is -2.30. The van der Waals surface area contributed by atoms with Crippen molar-refractivity contribution >= 4 is 33.4 Å². The van der Waals surface area contributed by atoms with Crippen LogP contribution >= 0.6 is 11.3 Å². The number of para-hydroxylation sites is 3. The second kappa shape index (κ2) is 10.4. The SMILES string of the molecule is CC1CCCN(Cc2csc(NC(=O)Cn3c(COc4ccccc4)nc4ccccc43)n2)C1. The van der Waals surface area contributed by atoms with Crippen molar-refractivity contribution in [2.24, 2.45) is 5.92 Å². The standard InChI is InChI=1S/C26H29N5O2S/c1-19-8-7-13-30(14-19)15-20-18-34-26(27-20)29-25(32)16-31-23-12-6-5-11-22(23)28-24(31)17-33-21-9-3-2-4-10-21/h2-6,9-12,18-19H,7-8,13-17H2,1H3,(H,27,29,32). The number of nitrogens with zero attached hydrogens (tertiary/aromatic N) is 4. The Morgan fingerprint density at radius 1 is 1.15 bits per heavy atom. The minimum Gasteiger partial charge on any atom is -0.486 e. The van der Waals surface area contributed by atoms with Gasteiger partial charge in [-0.25, -0.2) is 9.97 Å². The van der Waals surface area contributed by atoms with Gasteiger partial charge in [0.2, 0.25) is 5.91 Å². The first kappa shape index (κ1) is 22.6. The zero-order chi connectivity index (χ0) is 23.3. The summed E-state index contributed by atoms with van der Waals surface area (Å²) in [6, 6.07) is 17.4. The number of rotatable bonds is 8. The lowest BCUT2D eigenvalue weighted by molar-refractivity contribution is -0.116. The molecular weight excluding hydrogens is 446 g/mol. The number of carbonyl (C=O) groups excluding carboxylic acids is 1. The number of carbonyl (C=O) groups is 1. The van der Waals surface area contributed by atoms with Crippen molar-refractivity contribution in [3.8, 4) is 5.75 Å². The summed E-state index contributed by atoms with van der Waals surface area (Å²) in [4.78, 5) is 24.8. The molecule has 0 bridgehead atoms. The normalized spacial score (nSPS) is 16.6. The number of hydrogen-bond acceptors (Lipinski definition) is 6. The molecule has 0 saturated carbocycles. The molecule has 0 aliphatic carbocycles. The number of amides is 1. The number of fused-ring (bicyclic) bond motifs is 1. The zero-order valence-corrected chi connectivity index (χ0v) is 20.1. The van der Waals surface area contributed by atoms with Crippen molar-refractivity contribution < 1.29 is 9.53 Å². The molecule has 1 atom stereocenters. The van der Waals surface area contributed by atoms with Crippen molar-refractivity contribution in [2.45, 2.75) is 39.5 Å². The summed E-state index contributed by atoms with van der Waals surface area (Å²) >= 11 is 1.48. The van der Waals surface area contributed by atoms with Crippen LogP contribution in [-0.4, -0.2) is 38.4 Å². The van der Waals surface area contributed by atoms with E-state index in [4.69, 9.17) is 9.72 Å². The van der Waals surface area contributed by atoms with Crippen LogP contribution in [0.2, 0.25) is 0 Å². The molecule has 2 aromatic carbocycles. The van der Waals surface area contributed by atoms with E-state index in [-0.39, 0.29) is 19.1 Å². The van der Waals surface area contributed by atoms with Crippen molar-refractivity contribution in [2.75, 3.05) is 18.4 Å². The van der Waals surface area contributed by atoms with Gasteiger partial charge in [0, 0.05) is 18.5 Å². The maximum Gasteiger partial charge on any atom is 0.246 e. The van der Waals surface area contributed by atoms with Crippen molar-refractivity contribution in [3.63, 3.8) is 0 Å². The Balaban J connectivity index is 1.25. The van der Waals surface area contributed by atoms with Crippen molar-refractivity contribution in [1.82, 2.24) is 19.4 Å². The summed E-state index contributed by atoms with van der Waals surface area (Å²) in [5.41, 5.74) is 2.76. The average molecular weight is 476 g/mol. The predicted molar refractivity (Wildman–Crippen MR) is 135 cm³/mol. The maximum atomic E-state index is 12.9. The van der Waals surface area contributed by atoms with Crippen LogP contribution in [0.25, 0.3) is 11.0 Å². The highest BCUT2D eigenvalue weighted by atomic mass is 32.1. The van der Waals surface area contributed by atoms with E-state index in [2.05, 4.69) is 22.1 Å². The first-order chi connectivity index (χ1) is 16.6. The quantitative estimate of drug-likeness (QED) is 0.391. The van der Waals surface area contributed by atoms with Gasteiger partial charge in [-0.05, 0) is 49.6 Å². The molecule has 7 nitrogen and oxygen atoms in total. The van der Waals surface area contributed by atoms with Gasteiger partial charge >= 0.3 is 0 Å². The van der Waals surface area contributed by atoms with Crippen LogP contribution in [0.1, 0.15) is 31.3 Å². The summed E-state index contributed by atoms with van der Waals surface area (Å²) in [5.74, 6) is 2.08. The van der Waals surface area contributed by atoms with E-state index in [1.165, 1.54) is 24.2 Å². The third kappa shape index (κ3) is 5.46. The molecule has 5 rings (SSSR count). The van der Waals surface area contributed by atoms with Gasteiger partial charge in [-0.3, -0.25) is 9.69 Å². The van der Waals surface area contributed by atoms with Crippen LogP contribution in [0.15, 0.2) is 60.0 Å². The number of hydrogen-bond donors (Lipinski definition) is 1. The lowest BCUT2D eigenvalue weighted by atomic mass is 10.0. The number of likely N-dealkylation sites (tertiary alicyclic amines) is 1. The maximum absolute atomic E-state index is 12.9. The summed E-state index contributed by atoms with van der Waals surface area (Å²) in [5, 5.41) is 5.65. The van der Waals surface area contributed by atoms with Gasteiger partial charge < -0.3 is 14.6 Å². The first-order valence-electron chi connectivity index (χ1n) is 11.7. The molecule has 1 saturated heterocycles. The Kier molecular flexibility index (Phi) is 6.87. The minimum atomic E-state index is -0.128. The molecule has 0 spiro atoms. The highest BCUT2D eigenvalue weighted by molar-refractivity contribution is 7.13. The Labute approximate surface area is 203 Å². The van der Waals surface area contributed by atoms with Crippen LogP contribution < -0.4 is 10.1 Å². The average Bonchev–Trinajstić information content (AvgIpc) is 3.42. The third-order valence-electron chi connectivity index (χ3n) is 6.07. The van der Waals surface area contributed by atoms with Gasteiger partial charge in [-0.1, -0.05) is 37.3 Å². The molecular formula is C26H29N5O2S. The monoisotopic (exact) mass is 475 g/mol. The summed E-state index contributed by atoms with van der Waals surface area (Å²) in [6.07, 6.45) is 2.54. The van der Waals surface area contributed by atoms with Gasteiger partial charge in [-0.15, -0.1) is 11.3 Å². The molecule has 176 valence electrons. The topological polar surface area (TPSA) is 72.3 Å². The molecule has 1 amide bonds. The number of nitrogens with one attached hydrogen (secondary N) is 1. The van der Waals surface area contributed by atoms with Gasteiger partial charge in [0.25, 0.3) is 0 Å². The number of ether oxygens (including phenoxy) is 1. The number of piperidine rings is 1. The second-order valence-electron chi connectivity index (χ2n) is 8.88. The predicted octanol–water partition coefficient (Wildman–Crippen LogP) is 4.94. The molecule has 1 aliphatic heterocycles. The fourth-order valence-electron chi connectivity index (χ4n) is 4.48. The van der Waals surface area contributed by atoms with Crippen LogP contribution in [-0.2, 0) is 24.5 Å². The Hall–Kier alpha value is -3.23. The molecule has 1 N–H and O–H groups in total. The smallest absolute Gasteiger partial charge is 0.246 e. The molecule has 4 aromatic rings. The van der Waals surface area contributed by atoms with Crippen LogP contribution in [0, 0.1) is 5.92 Å². The fraction of sp³-hybridized carbons (Fsp3) is 0.346. The minimum absolute atomic E-state index is 0.128. The Morgan fingerprint density at radius 2 is 1.97 bits per heavy atom. The number of benzene rings is 2. The van der Waals surface area contributed by atoms with E-state index in [0.717, 1.165) is 48.0 Å². The van der Waals surface area contributed by atoms with E-state index in [1.54, 1.807) is 0 Å². The third-order valence-corrected chi connectivity index (χ3v) is 6.88.